The van der Waals surface area contributed by atoms with Crippen molar-refractivity contribution in [3.8, 4) is 11.8 Å². The average molecular weight is 485 g/mol. The van der Waals surface area contributed by atoms with E-state index in [2.05, 4.69) is 15.3 Å². The summed E-state index contributed by atoms with van der Waals surface area (Å²) in [7, 11) is 3.21. The molecule has 0 saturated carbocycles. The topological polar surface area (TPSA) is 110 Å². The van der Waals surface area contributed by atoms with Crippen LogP contribution in [0.25, 0.3) is 0 Å². The number of guanidine groups is 1. The number of nitrogens with zero attached hydrogens (tertiary/aromatic N) is 5. The van der Waals surface area contributed by atoms with Crippen molar-refractivity contribution in [1.82, 2.24) is 15.1 Å². The molecule has 0 aromatic heterocycles. The van der Waals surface area contributed by atoms with Crippen LogP contribution in [0, 0.1) is 25.2 Å². The normalized spacial score (nSPS) is 13.0. The fourth-order valence-corrected chi connectivity index (χ4v) is 3.16. The number of benzene rings is 2. The highest BCUT2D eigenvalue weighted by atomic mass is 16.5. The van der Waals surface area contributed by atoms with Crippen molar-refractivity contribution in [3.63, 3.8) is 0 Å². The van der Waals surface area contributed by atoms with Crippen LogP contribution in [0.3, 0.4) is 0 Å². The van der Waals surface area contributed by atoms with Crippen LogP contribution in [0.5, 0.6) is 5.75 Å². The molecule has 1 N–H and O–H groups in total. The van der Waals surface area contributed by atoms with Gasteiger partial charge in [-0.25, -0.2) is 14.8 Å². The van der Waals surface area contributed by atoms with Crippen LogP contribution in [0.15, 0.2) is 76.4 Å². The maximum Gasteiger partial charge on any atom is 0.323 e. The van der Waals surface area contributed by atoms with Gasteiger partial charge in [0.1, 0.15) is 17.5 Å². The Kier molecular flexibility index (Phi) is 8.73. The van der Waals surface area contributed by atoms with Gasteiger partial charge in [-0.05, 0) is 49.2 Å². The van der Waals surface area contributed by atoms with E-state index in [0.29, 0.717) is 30.2 Å². The summed E-state index contributed by atoms with van der Waals surface area (Å²) in [6.07, 6.45) is 6.34. The molecule has 0 radical (unpaired) electrons. The van der Waals surface area contributed by atoms with Crippen molar-refractivity contribution >= 4 is 30.0 Å². The number of carbonyl (C=O) groups excluding carboxylic acids is 2. The Labute approximate surface area is 210 Å². The van der Waals surface area contributed by atoms with Crippen molar-refractivity contribution in [3.05, 3.63) is 83.1 Å². The van der Waals surface area contributed by atoms with E-state index < -0.39 is 6.03 Å². The minimum absolute atomic E-state index is 0.0967. The molecule has 9 nitrogen and oxygen atoms in total. The fraction of sp³-hybridized carbons (Fsp3) is 0.222. The molecular formula is C27H28N6O3. The van der Waals surface area contributed by atoms with Crippen LogP contribution in [-0.4, -0.2) is 48.2 Å². The first-order valence-corrected chi connectivity index (χ1v) is 11.3. The van der Waals surface area contributed by atoms with Crippen LogP contribution in [-0.2, 0) is 11.3 Å². The average Bonchev–Trinajstić information content (AvgIpc) is 3.10. The van der Waals surface area contributed by atoms with E-state index in [4.69, 9.17) is 10.00 Å². The number of aliphatic imine (C=N–C) groups is 2. The molecule has 0 spiro atoms. The Morgan fingerprint density at radius 2 is 1.97 bits per heavy atom. The lowest BCUT2D eigenvalue weighted by Gasteiger charge is -2.22. The molecule has 2 aromatic rings. The molecule has 0 bridgehead atoms. The Morgan fingerprint density at radius 1 is 1.22 bits per heavy atom. The van der Waals surface area contributed by atoms with Gasteiger partial charge in [0.05, 0.1) is 12.2 Å². The molecule has 0 saturated heterocycles. The largest absolute Gasteiger partial charge is 0.442 e. The molecule has 36 heavy (non-hydrogen) atoms. The molecule has 0 fully saturated rings. The summed E-state index contributed by atoms with van der Waals surface area (Å²) in [4.78, 5) is 35.9. The fourth-order valence-electron chi connectivity index (χ4n) is 3.16. The number of carbonyl (C=O) groups is 2. The summed E-state index contributed by atoms with van der Waals surface area (Å²) in [5.41, 5.74) is 3.55. The second kappa shape index (κ2) is 12.1. The zero-order valence-corrected chi connectivity index (χ0v) is 20.7. The molecule has 0 aliphatic carbocycles. The molecule has 1 heterocycles. The third-order valence-corrected chi connectivity index (χ3v) is 5.16. The summed E-state index contributed by atoms with van der Waals surface area (Å²) in [5, 5.41) is 11.9. The molecule has 0 unspecified atom stereocenters. The molecule has 9 heteroatoms. The zero-order chi connectivity index (χ0) is 26.1. The lowest BCUT2D eigenvalue weighted by Crippen LogP contribution is -2.46. The highest BCUT2D eigenvalue weighted by molar-refractivity contribution is 6.01. The van der Waals surface area contributed by atoms with E-state index in [1.165, 1.54) is 9.80 Å². The van der Waals surface area contributed by atoms with E-state index in [9.17, 15) is 9.59 Å². The number of amides is 3. The zero-order valence-electron chi connectivity index (χ0n) is 20.7. The third-order valence-electron chi connectivity index (χ3n) is 5.16. The highest BCUT2D eigenvalue weighted by Crippen LogP contribution is 2.25. The second-order valence-electron chi connectivity index (χ2n) is 8.33. The Hall–Kier alpha value is -4.71. The van der Waals surface area contributed by atoms with Gasteiger partial charge < -0.3 is 9.64 Å². The second-order valence-corrected chi connectivity index (χ2v) is 8.33. The number of allylic oxidation sites excluding steroid dienone is 3. The monoisotopic (exact) mass is 484 g/mol. The molecule has 1 aliphatic heterocycles. The first kappa shape index (κ1) is 25.9. The minimum Gasteiger partial charge on any atom is -0.442 e. The van der Waals surface area contributed by atoms with Gasteiger partial charge in [-0.3, -0.25) is 15.0 Å². The third kappa shape index (κ3) is 7.14. The number of urea groups is 1. The van der Waals surface area contributed by atoms with Crippen LogP contribution in [0.1, 0.15) is 23.1 Å². The Bertz CT molecular complexity index is 1280. The van der Waals surface area contributed by atoms with Gasteiger partial charge in [0.2, 0.25) is 12.4 Å². The molecule has 3 amide bonds. The summed E-state index contributed by atoms with van der Waals surface area (Å²) in [6.45, 7) is 4.07. The number of nitriles is 1. The van der Waals surface area contributed by atoms with Gasteiger partial charge in [-0.2, -0.15) is 5.26 Å². The number of rotatable bonds is 5. The summed E-state index contributed by atoms with van der Waals surface area (Å²) < 4.78 is 5.93. The predicted molar refractivity (Wildman–Crippen MR) is 139 cm³/mol. The molecule has 1 aliphatic rings. The van der Waals surface area contributed by atoms with Crippen LogP contribution in [0.4, 0.5) is 10.5 Å². The van der Waals surface area contributed by atoms with Crippen LogP contribution >= 0.6 is 0 Å². The molecule has 0 atom stereocenters. The van der Waals surface area contributed by atoms with Gasteiger partial charge in [0.25, 0.3) is 0 Å². The van der Waals surface area contributed by atoms with Gasteiger partial charge >= 0.3 is 6.03 Å². The minimum atomic E-state index is -0.415. The number of hydrogen-bond donors (Lipinski definition) is 1. The quantitative estimate of drug-likeness (QED) is 0.386. The Balaban J connectivity index is 1.88. The van der Waals surface area contributed by atoms with Crippen molar-refractivity contribution < 1.29 is 14.3 Å². The number of aryl methyl sites for hydroxylation is 2. The van der Waals surface area contributed by atoms with Crippen molar-refractivity contribution in [2.24, 2.45) is 9.98 Å². The Morgan fingerprint density at radius 3 is 2.61 bits per heavy atom. The smallest absolute Gasteiger partial charge is 0.323 e. The van der Waals surface area contributed by atoms with E-state index in [-0.39, 0.29) is 18.2 Å². The number of ether oxygens (including phenoxy) is 1. The number of hydrogen-bond acceptors (Lipinski definition) is 6. The van der Waals surface area contributed by atoms with E-state index in [1.807, 2.05) is 50.3 Å². The van der Waals surface area contributed by atoms with Crippen molar-refractivity contribution in [2.45, 2.75) is 26.8 Å². The standard InChI is InChI=1S/C27H28N6O3/c1-19-9-11-21(12-10-19)17-33(18-34)26(31-27(35)32(3)4)30-22-13-14-24(20(2)15-22)36-25-8-6-5-7-23(16-28)29-25/h5-7,9-15,18H,8,17H2,1-4H3,(H,30,31,35). The molecule has 2 aromatic carbocycles. The van der Waals surface area contributed by atoms with Gasteiger partial charge in [-0.15, -0.1) is 0 Å². The van der Waals surface area contributed by atoms with E-state index in [0.717, 1.165) is 16.7 Å². The summed E-state index contributed by atoms with van der Waals surface area (Å²) in [5.74, 6) is 1.06. The van der Waals surface area contributed by atoms with Crippen molar-refractivity contribution in [1.29, 1.82) is 5.26 Å². The SMILES string of the molecule is Cc1ccc(CN(C=O)C(=Nc2ccc(OC3=NC(C#N)=CC=CC3)c(C)c2)NC(=O)N(C)C)cc1. The predicted octanol–water partition coefficient (Wildman–Crippen LogP) is 4.37. The summed E-state index contributed by atoms with van der Waals surface area (Å²) >= 11 is 0. The van der Waals surface area contributed by atoms with Gasteiger partial charge in [0, 0.05) is 20.5 Å². The van der Waals surface area contributed by atoms with E-state index >= 15 is 0 Å². The van der Waals surface area contributed by atoms with Crippen molar-refractivity contribution in [2.75, 3.05) is 14.1 Å². The highest BCUT2D eigenvalue weighted by Gasteiger charge is 2.17. The summed E-state index contributed by atoms with van der Waals surface area (Å²) in [6, 6.07) is 14.6. The van der Waals surface area contributed by atoms with Crippen LogP contribution in [0.2, 0.25) is 0 Å². The lowest BCUT2D eigenvalue weighted by molar-refractivity contribution is -0.115. The molecule has 184 valence electrons. The molecule has 3 rings (SSSR count). The number of nitrogens with one attached hydrogen (secondary N) is 1. The maximum atomic E-state index is 12.4. The van der Waals surface area contributed by atoms with E-state index in [1.54, 1.807) is 44.4 Å². The maximum absolute atomic E-state index is 12.4. The first-order valence-electron chi connectivity index (χ1n) is 11.3. The van der Waals surface area contributed by atoms with Gasteiger partial charge in [0.15, 0.2) is 5.90 Å². The first-order chi connectivity index (χ1) is 17.3. The van der Waals surface area contributed by atoms with Crippen LogP contribution < -0.4 is 10.1 Å². The lowest BCUT2D eigenvalue weighted by atomic mass is 10.1. The van der Waals surface area contributed by atoms with Gasteiger partial charge in [-0.1, -0.05) is 42.0 Å². The molecular weight excluding hydrogens is 456 g/mol.